The summed E-state index contributed by atoms with van der Waals surface area (Å²) in [6.45, 7) is 1.65. The maximum atomic E-state index is 12.7. The first-order valence-corrected chi connectivity index (χ1v) is 9.81. The summed E-state index contributed by atoms with van der Waals surface area (Å²) in [4.78, 5) is 43.0. The lowest BCUT2D eigenvalue weighted by molar-refractivity contribution is -0.144. The number of likely N-dealkylation sites (tertiary alicyclic amines) is 1. The number of fused-ring (bicyclic) bond motifs is 5. The first kappa shape index (κ1) is 17.8. The summed E-state index contributed by atoms with van der Waals surface area (Å²) in [7, 11) is 0. The van der Waals surface area contributed by atoms with Crippen molar-refractivity contribution in [2.45, 2.75) is 19.4 Å². The van der Waals surface area contributed by atoms with Crippen molar-refractivity contribution in [3.05, 3.63) is 54.6 Å². The molecule has 148 valence electrons. The van der Waals surface area contributed by atoms with Gasteiger partial charge in [0.05, 0.1) is 23.6 Å². The number of benzene rings is 1. The number of imide groups is 1. The molecule has 0 spiro atoms. The molecule has 5 rings (SSSR count). The van der Waals surface area contributed by atoms with Crippen LogP contribution in [0, 0.1) is 23.7 Å². The van der Waals surface area contributed by atoms with E-state index in [1.54, 1.807) is 11.0 Å². The number of nitrogens with one attached hydrogen (secondary N) is 1. The Labute approximate surface area is 167 Å². The second-order valence-electron chi connectivity index (χ2n) is 7.98. The third-order valence-corrected chi connectivity index (χ3v) is 6.32. The summed E-state index contributed by atoms with van der Waals surface area (Å²) in [5, 5.41) is 6.97. The van der Waals surface area contributed by atoms with E-state index >= 15 is 0 Å². The fraction of sp³-hybridized carbons (Fsp3) is 0.381. The largest absolute Gasteiger partial charge is 0.348 e. The van der Waals surface area contributed by atoms with Crippen LogP contribution in [-0.2, 0) is 14.4 Å². The number of amides is 3. The summed E-state index contributed by atoms with van der Waals surface area (Å²) in [5.41, 5.74) is 1.79. The molecular formula is C21H21N5O3. The zero-order chi connectivity index (χ0) is 20.1. The minimum Gasteiger partial charge on any atom is -0.348 e. The van der Waals surface area contributed by atoms with Crippen LogP contribution in [0.3, 0.4) is 0 Å². The van der Waals surface area contributed by atoms with Crippen molar-refractivity contribution in [2.75, 3.05) is 6.54 Å². The molecule has 3 amide bonds. The molecule has 1 saturated carbocycles. The van der Waals surface area contributed by atoms with Crippen molar-refractivity contribution in [1.82, 2.24) is 25.0 Å². The van der Waals surface area contributed by atoms with E-state index in [4.69, 9.17) is 0 Å². The first-order chi connectivity index (χ1) is 14.0. The Kier molecular flexibility index (Phi) is 4.08. The molecule has 1 N–H and O–H groups in total. The van der Waals surface area contributed by atoms with Gasteiger partial charge in [-0.2, -0.15) is 5.10 Å². The lowest BCUT2D eigenvalue weighted by Crippen LogP contribution is -2.42. The van der Waals surface area contributed by atoms with E-state index in [9.17, 15) is 14.4 Å². The number of rotatable bonds is 5. The molecule has 1 aromatic heterocycles. The van der Waals surface area contributed by atoms with Crippen LogP contribution in [-0.4, -0.2) is 43.9 Å². The van der Waals surface area contributed by atoms with Crippen LogP contribution in [0.25, 0.3) is 5.69 Å². The maximum absolute atomic E-state index is 12.7. The number of carbonyl (C=O) groups excluding carboxylic acids is 3. The fourth-order valence-corrected chi connectivity index (χ4v) is 4.89. The molecule has 1 aliphatic heterocycles. The minimum absolute atomic E-state index is 0.150. The Hall–Kier alpha value is -3.29. The van der Waals surface area contributed by atoms with E-state index in [-0.39, 0.29) is 54.0 Å². The predicted octanol–water partition coefficient (Wildman–Crippen LogP) is 1.25. The molecule has 0 radical (unpaired) electrons. The van der Waals surface area contributed by atoms with E-state index in [2.05, 4.69) is 15.4 Å². The maximum Gasteiger partial charge on any atom is 0.240 e. The molecule has 2 bridgehead atoms. The highest BCUT2D eigenvalue weighted by Gasteiger charge is 2.59. The monoisotopic (exact) mass is 391 g/mol. The van der Waals surface area contributed by atoms with E-state index in [0.29, 0.717) is 0 Å². The van der Waals surface area contributed by atoms with Crippen LogP contribution in [0.1, 0.15) is 24.9 Å². The molecule has 2 fully saturated rings. The van der Waals surface area contributed by atoms with Gasteiger partial charge in [-0.15, -0.1) is 0 Å². The zero-order valence-corrected chi connectivity index (χ0v) is 15.9. The quantitative estimate of drug-likeness (QED) is 0.611. The average Bonchev–Trinajstić information content (AvgIpc) is 3.50. The van der Waals surface area contributed by atoms with Gasteiger partial charge in [-0.3, -0.25) is 19.3 Å². The van der Waals surface area contributed by atoms with E-state index in [1.807, 2.05) is 43.3 Å². The molecule has 2 aromatic rings. The van der Waals surface area contributed by atoms with E-state index in [1.165, 1.54) is 6.33 Å². The molecule has 5 atom stereocenters. The van der Waals surface area contributed by atoms with Gasteiger partial charge in [-0.05, 0) is 42.9 Å². The minimum atomic E-state index is -0.333. The molecule has 29 heavy (non-hydrogen) atoms. The molecule has 2 heterocycles. The number of carbonyl (C=O) groups is 3. The second kappa shape index (κ2) is 6.65. The lowest BCUT2D eigenvalue weighted by atomic mass is 9.85. The van der Waals surface area contributed by atoms with Gasteiger partial charge in [0.2, 0.25) is 17.7 Å². The molecule has 8 heteroatoms. The number of nitrogens with zero attached hydrogens (tertiary/aromatic N) is 4. The van der Waals surface area contributed by atoms with Crippen molar-refractivity contribution in [1.29, 1.82) is 0 Å². The van der Waals surface area contributed by atoms with Gasteiger partial charge in [0, 0.05) is 0 Å². The Morgan fingerprint density at radius 2 is 1.79 bits per heavy atom. The SMILES string of the molecule is CC(NC(=O)CN1C(=O)C2C3C=CC(C3)C2C1=O)c1ccc(-n2cncn2)cc1. The Morgan fingerprint density at radius 3 is 2.38 bits per heavy atom. The summed E-state index contributed by atoms with van der Waals surface area (Å²) in [6, 6.07) is 7.34. The molecule has 3 aliphatic rings. The molecular weight excluding hydrogens is 370 g/mol. The number of hydrogen-bond donors (Lipinski definition) is 1. The fourth-order valence-electron chi connectivity index (χ4n) is 4.89. The van der Waals surface area contributed by atoms with Crippen LogP contribution in [0.2, 0.25) is 0 Å². The Morgan fingerprint density at radius 1 is 1.14 bits per heavy atom. The average molecular weight is 391 g/mol. The van der Waals surface area contributed by atoms with Crippen molar-refractivity contribution in [3.8, 4) is 5.69 Å². The van der Waals surface area contributed by atoms with Gasteiger partial charge in [0.25, 0.3) is 0 Å². The van der Waals surface area contributed by atoms with Crippen LogP contribution < -0.4 is 5.32 Å². The van der Waals surface area contributed by atoms with Crippen LogP contribution >= 0.6 is 0 Å². The summed E-state index contributed by atoms with van der Waals surface area (Å²) < 4.78 is 1.65. The van der Waals surface area contributed by atoms with Crippen molar-refractivity contribution >= 4 is 17.7 Å². The Balaban J connectivity index is 1.22. The molecule has 5 unspecified atom stereocenters. The van der Waals surface area contributed by atoms with Gasteiger partial charge >= 0.3 is 0 Å². The normalized spacial score (nSPS) is 28.1. The standard InChI is InChI=1S/C21H21N5O3/c1-12(13-4-6-16(7-5-13)26-11-22-10-23-26)24-17(27)9-25-20(28)18-14-2-3-15(8-14)19(18)21(25)29/h2-7,10-12,14-15,18-19H,8-9H2,1H3,(H,24,27). The summed E-state index contributed by atoms with van der Waals surface area (Å²) in [6.07, 6.45) is 8.06. The zero-order valence-electron chi connectivity index (χ0n) is 15.9. The van der Waals surface area contributed by atoms with Crippen LogP contribution in [0.4, 0.5) is 0 Å². The van der Waals surface area contributed by atoms with Gasteiger partial charge in [-0.25, -0.2) is 9.67 Å². The van der Waals surface area contributed by atoms with E-state index < -0.39 is 0 Å². The summed E-state index contributed by atoms with van der Waals surface area (Å²) in [5.74, 6) is -0.971. The first-order valence-electron chi connectivity index (χ1n) is 9.81. The summed E-state index contributed by atoms with van der Waals surface area (Å²) >= 11 is 0. The molecule has 2 aliphatic carbocycles. The van der Waals surface area contributed by atoms with Crippen LogP contribution in [0.5, 0.6) is 0 Å². The van der Waals surface area contributed by atoms with Crippen molar-refractivity contribution in [2.24, 2.45) is 23.7 Å². The van der Waals surface area contributed by atoms with Crippen molar-refractivity contribution in [3.63, 3.8) is 0 Å². The van der Waals surface area contributed by atoms with Crippen molar-refractivity contribution < 1.29 is 14.4 Å². The molecule has 1 aromatic carbocycles. The third-order valence-electron chi connectivity index (χ3n) is 6.32. The van der Waals surface area contributed by atoms with E-state index in [0.717, 1.165) is 22.6 Å². The highest BCUT2D eigenvalue weighted by atomic mass is 16.2. The number of hydrogen-bond acceptors (Lipinski definition) is 5. The Bertz CT molecular complexity index is 968. The molecule has 8 nitrogen and oxygen atoms in total. The van der Waals surface area contributed by atoms with Crippen LogP contribution in [0.15, 0.2) is 49.1 Å². The third kappa shape index (κ3) is 2.86. The second-order valence-corrected chi connectivity index (χ2v) is 7.98. The van der Waals surface area contributed by atoms with Gasteiger partial charge in [0.1, 0.15) is 19.2 Å². The molecule has 1 saturated heterocycles. The van der Waals surface area contributed by atoms with Gasteiger partial charge in [0.15, 0.2) is 0 Å². The number of aromatic nitrogens is 3. The smallest absolute Gasteiger partial charge is 0.240 e. The lowest BCUT2D eigenvalue weighted by Gasteiger charge is -2.19. The predicted molar refractivity (Wildman–Crippen MR) is 102 cm³/mol. The topological polar surface area (TPSA) is 97.2 Å². The van der Waals surface area contributed by atoms with Gasteiger partial charge in [-0.1, -0.05) is 24.3 Å². The highest BCUT2D eigenvalue weighted by molar-refractivity contribution is 6.08. The number of allylic oxidation sites excluding steroid dienone is 2. The van der Waals surface area contributed by atoms with Gasteiger partial charge < -0.3 is 5.32 Å². The highest BCUT2D eigenvalue weighted by Crippen LogP contribution is 2.52.